The summed E-state index contributed by atoms with van der Waals surface area (Å²) in [6, 6.07) is 12.0. The lowest BCUT2D eigenvalue weighted by atomic mass is 9.96. The number of aryl methyl sites for hydroxylation is 1. The van der Waals surface area contributed by atoms with E-state index in [1.54, 1.807) is 0 Å². The number of amides is 2. The van der Waals surface area contributed by atoms with Gasteiger partial charge in [0.05, 0.1) is 11.5 Å². The fourth-order valence-corrected chi connectivity index (χ4v) is 3.84. The molecule has 144 valence electrons. The Balaban J connectivity index is 1.79. The number of rotatable bonds is 5. The third kappa shape index (κ3) is 4.06. The first-order valence-corrected chi connectivity index (χ1v) is 9.54. The van der Waals surface area contributed by atoms with Gasteiger partial charge in [-0.3, -0.25) is 9.59 Å². The van der Waals surface area contributed by atoms with Crippen molar-refractivity contribution in [3.05, 3.63) is 53.3 Å². The molecule has 0 spiro atoms. The number of nitrogens with one attached hydrogen (secondary N) is 1. The fourth-order valence-electron chi connectivity index (χ4n) is 3.84. The summed E-state index contributed by atoms with van der Waals surface area (Å²) in [5.74, 6) is -0.166. The van der Waals surface area contributed by atoms with Crippen LogP contribution < -0.4 is 11.1 Å². The molecule has 1 aromatic carbocycles. The van der Waals surface area contributed by atoms with Crippen LogP contribution in [-0.2, 0) is 4.79 Å². The molecular weight excluding hydrogens is 340 g/mol. The van der Waals surface area contributed by atoms with Crippen molar-refractivity contribution in [2.24, 2.45) is 11.7 Å². The summed E-state index contributed by atoms with van der Waals surface area (Å²) in [5, 5.41) is 2.84. The van der Waals surface area contributed by atoms with Crippen molar-refractivity contribution in [3.8, 4) is 5.69 Å². The van der Waals surface area contributed by atoms with E-state index >= 15 is 0 Å². The van der Waals surface area contributed by atoms with Gasteiger partial charge in [0.2, 0.25) is 5.91 Å². The highest BCUT2D eigenvalue weighted by Crippen LogP contribution is 2.24. The van der Waals surface area contributed by atoms with E-state index in [0.29, 0.717) is 31.7 Å². The number of nitrogens with two attached hydrogens (primary N) is 1. The van der Waals surface area contributed by atoms with Crippen LogP contribution in [0.15, 0.2) is 36.4 Å². The Kier molecular flexibility index (Phi) is 5.96. The molecule has 3 N–H and O–H groups in total. The number of carbonyl (C=O) groups is 2. The van der Waals surface area contributed by atoms with Crippen molar-refractivity contribution in [2.75, 3.05) is 26.2 Å². The zero-order valence-corrected chi connectivity index (χ0v) is 16.1. The number of carbonyl (C=O) groups excluding carboxylic acids is 2. The largest absolute Gasteiger partial charge is 0.355 e. The van der Waals surface area contributed by atoms with Gasteiger partial charge in [0, 0.05) is 43.3 Å². The Morgan fingerprint density at radius 1 is 1.22 bits per heavy atom. The van der Waals surface area contributed by atoms with E-state index in [1.165, 1.54) is 0 Å². The van der Waals surface area contributed by atoms with Crippen molar-refractivity contribution in [1.29, 1.82) is 0 Å². The second-order valence-electron chi connectivity index (χ2n) is 7.13. The van der Waals surface area contributed by atoms with Crippen molar-refractivity contribution in [2.45, 2.75) is 26.7 Å². The molecule has 0 bridgehead atoms. The molecule has 1 atom stereocenters. The van der Waals surface area contributed by atoms with E-state index < -0.39 is 0 Å². The Morgan fingerprint density at radius 2 is 1.96 bits per heavy atom. The summed E-state index contributed by atoms with van der Waals surface area (Å²) in [6.07, 6.45) is 1.65. The maximum Gasteiger partial charge on any atom is 0.255 e. The molecule has 1 fully saturated rings. The van der Waals surface area contributed by atoms with E-state index in [2.05, 4.69) is 9.88 Å². The van der Waals surface area contributed by atoms with Gasteiger partial charge in [-0.1, -0.05) is 18.2 Å². The van der Waals surface area contributed by atoms with Crippen LogP contribution in [0.2, 0.25) is 0 Å². The molecule has 0 aliphatic carbocycles. The number of hydrogen-bond acceptors (Lipinski definition) is 3. The highest BCUT2D eigenvalue weighted by Gasteiger charge is 2.30. The van der Waals surface area contributed by atoms with Gasteiger partial charge in [0.25, 0.3) is 5.91 Å². The topological polar surface area (TPSA) is 80.4 Å². The van der Waals surface area contributed by atoms with Crippen LogP contribution in [0, 0.1) is 19.8 Å². The van der Waals surface area contributed by atoms with Crippen LogP contribution >= 0.6 is 0 Å². The van der Waals surface area contributed by atoms with Crippen molar-refractivity contribution >= 4 is 11.8 Å². The van der Waals surface area contributed by atoms with Gasteiger partial charge in [-0.25, -0.2) is 0 Å². The van der Waals surface area contributed by atoms with Crippen LogP contribution in [0.25, 0.3) is 5.69 Å². The first-order valence-electron chi connectivity index (χ1n) is 9.54. The summed E-state index contributed by atoms with van der Waals surface area (Å²) < 4.78 is 2.10. The first kappa shape index (κ1) is 19.2. The third-order valence-electron chi connectivity index (χ3n) is 5.20. The SMILES string of the molecule is Cc1cc(C(=O)N2CCCC(C(=O)NCCN)C2)c(C)n1-c1ccccc1. The van der Waals surface area contributed by atoms with Crippen LogP contribution in [0.1, 0.15) is 34.6 Å². The molecular formula is C21H28N4O2. The van der Waals surface area contributed by atoms with Crippen molar-refractivity contribution in [1.82, 2.24) is 14.8 Å². The predicted octanol–water partition coefficient (Wildman–Crippen LogP) is 2.02. The van der Waals surface area contributed by atoms with E-state index in [4.69, 9.17) is 5.73 Å². The van der Waals surface area contributed by atoms with Gasteiger partial charge in [0.15, 0.2) is 0 Å². The minimum absolute atomic E-state index is 0.00149. The molecule has 1 saturated heterocycles. The minimum Gasteiger partial charge on any atom is -0.355 e. The van der Waals surface area contributed by atoms with E-state index in [0.717, 1.165) is 29.9 Å². The Labute approximate surface area is 160 Å². The Hall–Kier alpha value is -2.60. The Bertz CT molecular complexity index is 813. The van der Waals surface area contributed by atoms with Crippen molar-refractivity contribution < 1.29 is 9.59 Å². The number of likely N-dealkylation sites (tertiary alicyclic amines) is 1. The molecule has 2 aromatic rings. The number of piperidine rings is 1. The molecule has 1 aliphatic rings. The normalized spacial score (nSPS) is 17.0. The highest BCUT2D eigenvalue weighted by atomic mass is 16.2. The quantitative estimate of drug-likeness (QED) is 0.847. The molecule has 0 saturated carbocycles. The summed E-state index contributed by atoms with van der Waals surface area (Å²) in [6.45, 7) is 6.03. The summed E-state index contributed by atoms with van der Waals surface area (Å²) in [7, 11) is 0. The molecule has 6 nitrogen and oxygen atoms in total. The van der Waals surface area contributed by atoms with Gasteiger partial charge >= 0.3 is 0 Å². The third-order valence-corrected chi connectivity index (χ3v) is 5.20. The number of nitrogens with zero attached hydrogens (tertiary/aromatic N) is 2. The lowest BCUT2D eigenvalue weighted by Crippen LogP contribution is -2.46. The monoisotopic (exact) mass is 368 g/mol. The average Bonchev–Trinajstić information content (AvgIpc) is 3.00. The summed E-state index contributed by atoms with van der Waals surface area (Å²) in [5.41, 5.74) is 9.16. The maximum absolute atomic E-state index is 13.2. The second-order valence-corrected chi connectivity index (χ2v) is 7.13. The number of aromatic nitrogens is 1. The van der Waals surface area contributed by atoms with E-state index in [1.807, 2.05) is 55.1 Å². The lowest BCUT2D eigenvalue weighted by molar-refractivity contribution is -0.126. The molecule has 0 radical (unpaired) electrons. The fraction of sp³-hybridized carbons (Fsp3) is 0.429. The van der Waals surface area contributed by atoms with Crippen molar-refractivity contribution in [3.63, 3.8) is 0 Å². The summed E-state index contributed by atoms with van der Waals surface area (Å²) >= 11 is 0. The highest BCUT2D eigenvalue weighted by molar-refractivity contribution is 5.96. The average molecular weight is 368 g/mol. The lowest BCUT2D eigenvalue weighted by Gasteiger charge is -2.32. The minimum atomic E-state index is -0.160. The van der Waals surface area contributed by atoms with Gasteiger partial charge in [-0.2, -0.15) is 0 Å². The number of benzene rings is 1. The van der Waals surface area contributed by atoms with Crippen LogP contribution in [0.5, 0.6) is 0 Å². The predicted molar refractivity (Wildman–Crippen MR) is 106 cm³/mol. The van der Waals surface area contributed by atoms with Crippen LogP contribution in [0.3, 0.4) is 0 Å². The zero-order valence-electron chi connectivity index (χ0n) is 16.1. The zero-order chi connectivity index (χ0) is 19.4. The second kappa shape index (κ2) is 8.39. The van der Waals surface area contributed by atoms with Gasteiger partial charge in [-0.15, -0.1) is 0 Å². The number of para-hydroxylation sites is 1. The van der Waals surface area contributed by atoms with Crippen LogP contribution in [0.4, 0.5) is 0 Å². The maximum atomic E-state index is 13.2. The molecule has 3 rings (SSSR count). The number of hydrogen-bond donors (Lipinski definition) is 2. The van der Waals surface area contributed by atoms with Crippen LogP contribution in [-0.4, -0.2) is 47.5 Å². The molecule has 1 aliphatic heterocycles. The van der Waals surface area contributed by atoms with Gasteiger partial charge < -0.3 is 20.5 Å². The first-order chi connectivity index (χ1) is 13.0. The molecule has 2 heterocycles. The molecule has 6 heteroatoms. The van der Waals surface area contributed by atoms with E-state index in [-0.39, 0.29) is 17.7 Å². The molecule has 2 amide bonds. The molecule has 1 unspecified atom stereocenters. The smallest absolute Gasteiger partial charge is 0.255 e. The van der Waals surface area contributed by atoms with Gasteiger partial charge in [-0.05, 0) is 44.9 Å². The van der Waals surface area contributed by atoms with Gasteiger partial charge in [0.1, 0.15) is 0 Å². The standard InChI is InChI=1S/C21H28N4O2/c1-15-13-19(16(2)25(15)18-8-4-3-5-9-18)21(27)24-12-6-7-17(14-24)20(26)23-11-10-22/h3-5,8-9,13,17H,6-7,10-12,14,22H2,1-2H3,(H,23,26). The Morgan fingerprint density at radius 3 is 2.67 bits per heavy atom. The summed E-state index contributed by atoms with van der Waals surface area (Å²) in [4.78, 5) is 27.2. The molecule has 1 aromatic heterocycles. The van der Waals surface area contributed by atoms with E-state index in [9.17, 15) is 9.59 Å². The molecule has 27 heavy (non-hydrogen) atoms.